The molecular weight excluding hydrogens is 600 g/mol. The summed E-state index contributed by atoms with van der Waals surface area (Å²) in [5.41, 5.74) is 0.267. The number of fused-ring (bicyclic) bond motifs is 1. The van der Waals surface area contributed by atoms with E-state index in [1.807, 2.05) is 0 Å². The second-order valence-corrected chi connectivity index (χ2v) is 44.6. The minimum absolute atomic E-state index is 0.0453. The van der Waals surface area contributed by atoms with E-state index >= 15 is 0 Å². The van der Waals surface area contributed by atoms with Gasteiger partial charge >= 0.3 is 0 Å². The average Bonchev–Trinajstić information content (AvgIpc) is 2.94. The van der Waals surface area contributed by atoms with Crippen LogP contribution in [0.3, 0.4) is 0 Å². The highest BCUT2D eigenvalue weighted by Crippen LogP contribution is 3.09. The Kier molecular flexibility index (Phi) is 11.4. The molecule has 3 aliphatic rings. The zero-order valence-corrected chi connectivity index (χ0v) is 30.2. The highest BCUT2D eigenvalue weighted by molar-refractivity contribution is 9.10. The van der Waals surface area contributed by atoms with Gasteiger partial charge in [0.25, 0.3) is 0 Å². The van der Waals surface area contributed by atoms with E-state index in [4.69, 9.17) is 9.05 Å². The Balaban J connectivity index is 2.07. The maximum absolute atomic E-state index is 12.4. The van der Waals surface area contributed by atoms with Gasteiger partial charge in [-0.3, -0.25) is 0 Å². The third kappa shape index (κ3) is 4.95. The van der Waals surface area contributed by atoms with Crippen molar-refractivity contribution >= 4 is 98.5 Å². The molecule has 0 radical (unpaired) electrons. The number of rotatable bonds is 8. The molecule has 0 aromatic heterocycles. The summed E-state index contributed by atoms with van der Waals surface area (Å²) in [5, 5.41) is 12.4. The lowest BCUT2D eigenvalue weighted by Crippen LogP contribution is -2.55. The average molecular weight is 636 g/mol. The van der Waals surface area contributed by atoms with Gasteiger partial charge in [0.2, 0.25) is 0 Å². The molecule has 15 heteroatoms. The summed E-state index contributed by atoms with van der Waals surface area (Å²) >= 11 is 0. The molecule has 1 N–H and O–H groups in total. The first-order valence-corrected chi connectivity index (χ1v) is 30.0. The molecule has 12 unspecified atom stereocenters. The zero-order chi connectivity index (χ0) is 22.5. The predicted octanol–water partition coefficient (Wildman–Crippen LogP) is 9.18. The molecule has 15 atom stereocenters. The summed E-state index contributed by atoms with van der Waals surface area (Å²) in [6.45, 7) is 6.35. The molecule has 30 heavy (non-hydrogen) atoms. The molecule has 1 spiro atoms. The van der Waals surface area contributed by atoms with Crippen molar-refractivity contribution in [2.75, 3.05) is 0 Å². The molecule has 0 saturated heterocycles. The summed E-state index contributed by atoms with van der Waals surface area (Å²) < 4.78 is 13.5. The SMILES string of the molecule is CC1=CCC2[C@H](OPP)[C@]3(O)CC[C@@H](OP(P(P)P)P(PP)P(P)P)C3(C1)C2(C)C. The zero-order valence-electron chi connectivity index (χ0n) is 17.7. The van der Waals surface area contributed by atoms with Crippen LogP contribution in [-0.4, -0.2) is 22.9 Å². The van der Waals surface area contributed by atoms with Crippen LogP contribution in [-0.2, 0) is 9.05 Å². The normalized spacial score (nSPS) is 40.5. The number of aliphatic hydroxyl groups is 1. The van der Waals surface area contributed by atoms with Gasteiger partial charge in [-0.15, -0.1) is 44.6 Å². The van der Waals surface area contributed by atoms with Crippen LogP contribution in [0.4, 0.5) is 0 Å². The van der Waals surface area contributed by atoms with E-state index in [9.17, 15) is 5.11 Å². The van der Waals surface area contributed by atoms with Crippen LogP contribution in [0.2, 0.25) is 0 Å². The second kappa shape index (κ2) is 11.7. The Morgan fingerprint density at radius 2 is 1.83 bits per heavy atom. The molecule has 3 aliphatic carbocycles. The van der Waals surface area contributed by atoms with Crippen molar-refractivity contribution in [3.8, 4) is 0 Å². The van der Waals surface area contributed by atoms with Crippen molar-refractivity contribution in [3.63, 3.8) is 0 Å². The van der Waals surface area contributed by atoms with Crippen molar-refractivity contribution in [2.24, 2.45) is 16.7 Å². The van der Waals surface area contributed by atoms with E-state index in [-0.39, 0.29) is 44.0 Å². The molecule has 0 aliphatic heterocycles. The Morgan fingerprint density at radius 1 is 1.17 bits per heavy atom. The van der Waals surface area contributed by atoms with Crippen LogP contribution in [0.1, 0.15) is 46.5 Å². The first kappa shape index (κ1) is 29.3. The fraction of sp³-hybridized carbons (Fsp3) is 0.867. The summed E-state index contributed by atoms with van der Waals surface area (Å²) in [4.78, 5) is 0. The summed E-state index contributed by atoms with van der Waals surface area (Å²) in [5.74, 6) is 0.324. The van der Waals surface area contributed by atoms with E-state index in [2.05, 4.69) is 80.4 Å². The fourth-order valence-electron chi connectivity index (χ4n) is 6.17. The lowest BCUT2D eigenvalue weighted by Gasteiger charge is -2.51. The molecule has 2 fully saturated rings. The molecule has 0 heterocycles. The lowest BCUT2D eigenvalue weighted by atomic mass is 9.58. The highest BCUT2D eigenvalue weighted by atomic mass is 33.1. The Hall–Kier alpha value is 4.78. The highest BCUT2D eigenvalue weighted by Gasteiger charge is 2.78. The van der Waals surface area contributed by atoms with Crippen molar-refractivity contribution in [2.45, 2.75) is 64.3 Å². The first-order chi connectivity index (χ1) is 14.0. The van der Waals surface area contributed by atoms with E-state index in [0.717, 1.165) is 33.6 Å². The minimum Gasteiger partial charge on any atom is -0.386 e. The van der Waals surface area contributed by atoms with Gasteiger partial charge in [-0.05, 0) is 57.9 Å². The summed E-state index contributed by atoms with van der Waals surface area (Å²) in [7, 11) is 18.6. The van der Waals surface area contributed by atoms with Gasteiger partial charge in [-0.2, -0.15) is 0 Å². The Bertz CT molecular complexity index is 663. The van der Waals surface area contributed by atoms with Gasteiger partial charge in [-0.1, -0.05) is 42.4 Å². The molecule has 2 bridgehead atoms. The van der Waals surface area contributed by atoms with Crippen LogP contribution < -0.4 is 0 Å². The van der Waals surface area contributed by atoms with Gasteiger partial charge in [0.15, 0.2) is 0 Å². The number of allylic oxidation sites excluding steroid dienone is 2. The van der Waals surface area contributed by atoms with Crippen LogP contribution >= 0.6 is 98.5 Å². The summed E-state index contributed by atoms with van der Waals surface area (Å²) in [6.07, 6.45) is 6.03. The maximum atomic E-state index is 12.4. The largest absolute Gasteiger partial charge is 0.386 e. The van der Waals surface area contributed by atoms with Gasteiger partial charge in [0.05, 0.1) is 19.7 Å². The molecular formula is C15H36O3P12. The van der Waals surface area contributed by atoms with Crippen LogP contribution in [0.5, 0.6) is 0 Å². The van der Waals surface area contributed by atoms with Crippen LogP contribution in [0.25, 0.3) is 0 Å². The van der Waals surface area contributed by atoms with Crippen molar-refractivity contribution in [3.05, 3.63) is 11.6 Å². The molecule has 0 aromatic carbocycles. The van der Waals surface area contributed by atoms with Crippen molar-refractivity contribution in [1.82, 2.24) is 0 Å². The van der Waals surface area contributed by atoms with E-state index < -0.39 is 13.1 Å². The summed E-state index contributed by atoms with van der Waals surface area (Å²) in [6, 6.07) is 0. The maximum Gasteiger partial charge on any atom is 0.100 e. The second-order valence-electron chi connectivity index (χ2n) is 8.91. The van der Waals surface area contributed by atoms with Crippen molar-refractivity contribution < 1.29 is 14.2 Å². The lowest BCUT2D eigenvalue weighted by molar-refractivity contribution is -0.137. The molecule has 0 amide bonds. The monoisotopic (exact) mass is 636 g/mol. The van der Waals surface area contributed by atoms with Gasteiger partial charge in [0.1, 0.15) is 5.60 Å². The van der Waals surface area contributed by atoms with Gasteiger partial charge in [0, 0.05) is 20.9 Å². The number of hydrogen-bond acceptors (Lipinski definition) is 3. The molecule has 3 rings (SSSR count). The number of hydrogen-bond donors (Lipinski definition) is 1. The van der Waals surface area contributed by atoms with E-state index in [1.54, 1.807) is 0 Å². The predicted molar refractivity (Wildman–Crippen MR) is 169 cm³/mol. The standard InChI is InChI=1S/C15H36O3P12/c1-9-4-5-10-12(17-25-19)15(16)7-6-11(14(15,8-9)13(10,2)3)18-27(28(21)22)30(26-20)29(23)24/h4,10-12,16,25-26H,5-8,19-24H2,1-3H3/t10?,11-,12+,14?,15-,27?,30?/m1/s1. The van der Waals surface area contributed by atoms with E-state index in [0.29, 0.717) is 14.4 Å². The molecule has 174 valence electrons. The molecule has 0 aromatic rings. The Labute approximate surface area is 204 Å². The van der Waals surface area contributed by atoms with Gasteiger partial charge in [-0.25, -0.2) is 0 Å². The smallest absolute Gasteiger partial charge is 0.100 e. The van der Waals surface area contributed by atoms with E-state index in [1.165, 1.54) is 5.57 Å². The van der Waals surface area contributed by atoms with Crippen LogP contribution in [0.15, 0.2) is 11.6 Å². The van der Waals surface area contributed by atoms with Crippen molar-refractivity contribution in [1.29, 1.82) is 0 Å². The van der Waals surface area contributed by atoms with Gasteiger partial charge < -0.3 is 14.2 Å². The third-order valence-corrected chi connectivity index (χ3v) is 55.5. The quantitative estimate of drug-likeness (QED) is 0.214. The molecule has 2 saturated carbocycles. The third-order valence-electron chi connectivity index (χ3n) is 7.41. The fourth-order valence-corrected chi connectivity index (χ4v) is 73.4. The topological polar surface area (TPSA) is 38.7 Å². The molecule has 3 nitrogen and oxygen atoms in total. The van der Waals surface area contributed by atoms with Crippen LogP contribution in [0, 0.1) is 16.7 Å². The first-order valence-electron chi connectivity index (χ1n) is 9.79. The minimum atomic E-state index is -0.810. The Morgan fingerprint density at radius 3 is 2.37 bits per heavy atom.